The van der Waals surface area contributed by atoms with Gasteiger partial charge in [0, 0.05) is 85.1 Å². The summed E-state index contributed by atoms with van der Waals surface area (Å²) in [5, 5.41) is 16.3. The standard InChI is InChI=1S/C15H17N4.C14H15N4.2C12H14F3N4.3C12H17N4.C11H15N4/c1-5-13-14-15(16-8-19(13)4)18-12-7-10(3)9(2)6-11(12)17-14;1-4-12-14-13(9(2)17-18(12)3)15-10-7-5-6-8-11(10)16-14;1-5-8-6(2)9-11(18-19(8)4)17-10(7(3)16-9)12(13,14)15;1-5-8-9-10(17-7(3)6(2)16-9)11(12(13,14)15)18-19(8)4;2*1-6-10-11-12(15-9(4)16(10)5)14-8(3)7(2)13-11;1-6-10-12-11(9(4)15-16(10)5)13-7(2)8(3)14-12;1-5-9-10-11(12-6-15(9)4)14-8(3)7(2)13-10/h6-8H,5H2,1-4H3;5-8H,4H2,1-3H3;2*5H2,1-4H3;3*6H2,1-5H3;6H,5H2,1-4H3/q8*+1/i;;;;;;4D3;. The van der Waals surface area contributed by atoms with Gasteiger partial charge in [0.2, 0.25) is 34.1 Å². The lowest BCUT2D eigenvalue weighted by Gasteiger charge is -2.10. The van der Waals surface area contributed by atoms with Gasteiger partial charge in [-0.2, -0.15) is 26.3 Å². The van der Waals surface area contributed by atoms with Crippen molar-refractivity contribution in [1.82, 2.24) is 120 Å². The fourth-order valence-corrected chi connectivity index (χ4v) is 16.0. The highest BCUT2D eigenvalue weighted by atomic mass is 19.4. The van der Waals surface area contributed by atoms with Crippen molar-refractivity contribution in [2.45, 2.75) is 244 Å². The van der Waals surface area contributed by atoms with Crippen LogP contribution in [-0.4, -0.2) is 120 Å². The van der Waals surface area contributed by atoms with Crippen LogP contribution in [0.15, 0.2) is 49.1 Å². The molecule has 2 aromatic carbocycles. The molecule has 32 nitrogen and oxygen atoms in total. The number of alkyl halides is 6. The zero-order valence-electron chi connectivity index (χ0n) is 88.4. The fraction of sp³-hybridized carbons (Fsp3) is 0.440. The van der Waals surface area contributed by atoms with Crippen LogP contribution in [0.4, 0.5) is 26.3 Å². The molecule has 0 fully saturated rings. The molecule has 0 aliphatic carbocycles. The molecule has 0 atom stereocenters. The number of fused-ring (bicyclic) bond motifs is 10. The van der Waals surface area contributed by atoms with Crippen molar-refractivity contribution in [2.75, 3.05) is 0 Å². The minimum Gasteiger partial charge on any atom is -0.247 e. The first-order chi connectivity index (χ1) is 66.3. The Balaban J connectivity index is 0.000000154. The topological polar surface area (TPSA) is 340 Å². The summed E-state index contributed by atoms with van der Waals surface area (Å²) in [6, 6.07) is 12.1. The molecule has 720 valence electrons. The van der Waals surface area contributed by atoms with Crippen LogP contribution >= 0.6 is 0 Å². The maximum absolute atomic E-state index is 13.0. The van der Waals surface area contributed by atoms with Crippen molar-refractivity contribution in [1.29, 1.82) is 0 Å². The van der Waals surface area contributed by atoms with E-state index in [1.165, 1.54) is 46.9 Å². The molecule has 0 amide bonds. The van der Waals surface area contributed by atoms with Crippen LogP contribution in [0.3, 0.4) is 0 Å². The molecule has 0 unspecified atom stereocenters. The van der Waals surface area contributed by atoms with E-state index in [1.54, 1.807) is 43.6 Å². The zero-order chi connectivity index (χ0) is 104. The Labute approximate surface area is 803 Å². The van der Waals surface area contributed by atoms with Gasteiger partial charge in [0.05, 0.1) is 113 Å². The molecule has 0 saturated carbocycles. The van der Waals surface area contributed by atoms with Crippen molar-refractivity contribution < 1.29 is 67.5 Å². The highest BCUT2D eigenvalue weighted by Gasteiger charge is 2.41. The smallest absolute Gasteiger partial charge is 0.247 e. The minimum absolute atomic E-state index is 0.0119. The summed E-state index contributed by atoms with van der Waals surface area (Å²) in [4.78, 5) is 88.5. The second-order valence-electron chi connectivity index (χ2n) is 33.9. The van der Waals surface area contributed by atoms with Crippen molar-refractivity contribution in [3.8, 4) is 0 Å². The summed E-state index contributed by atoms with van der Waals surface area (Å²) >= 11 is 0. The number of hydrogen-bond donors (Lipinski definition) is 0. The summed E-state index contributed by atoms with van der Waals surface area (Å²) in [6.07, 6.45) is 1.16. The maximum Gasteiger partial charge on any atom is 0.441 e. The predicted octanol–water partition coefficient (Wildman–Crippen LogP) is 13.2. The molecule has 0 spiro atoms. The van der Waals surface area contributed by atoms with Gasteiger partial charge in [0.25, 0.3) is 46.9 Å². The maximum atomic E-state index is 13.0. The molecular weight excluding hydrogens is 1760 g/mol. The van der Waals surface area contributed by atoms with E-state index in [4.69, 9.17) is 14.1 Å². The van der Waals surface area contributed by atoms with Crippen LogP contribution in [0.5, 0.6) is 0 Å². The first-order valence-electron chi connectivity index (χ1n) is 47.4. The van der Waals surface area contributed by atoms with Crippen molar-refractivity contribution in [3.63, 3.8) is 0 Å². The third-order valence-corrected chi connectivity index (χ3v) is 24.6. The van der Waals surface area contributed by atoms with Crippen molar-refractivity contribution in [3.05, 3.63) is 208 Å². The van der Waals surface area contributed by atoms with E-state index in [2.05, 4.69) is 180 Å². The van der Waals surface area contributed by atoms with Crippen molar-refractivity contribution >= 4 is 111 Å². The lowest BCUT2D eigenvalue weighted by Crippen LogP contribution is -2.41. The Morgan fingerprint density at radius 1 is 0.261 bits per heavy atom. The Morgan fingerprint density at radius 3 is 0.993 bits per heavy atom. The van der Waals surface area contributed by atoms with Gasteiger partial charge in [-0.1, -0.05) is 86.2 Å². The molecular formula is C100H126F6N32+8. The zero-order valence-corrected chi connectivity index (χ0v) is 85.4. The first kappa shape index (κ1) is 99.9. The number of nitrogens with zero attached hydrogens (tertiary/aromatic N) is 32. The number of para-hydroxylation sites is 2. The highest BCUT2D eigenvalue weighted by Crippen LogP contribution is 2.34. The molecule has 38 heteroatoms. The number of rotatable bonds is 8. The van der Waals surface area contributed by atoms with Crippen LogP contribution in [0, 0.1) is 125 Å². The predicted molar refractivity (Wildman–Crippen MR) is 513 cm³/mol. The minimum atomic E-state index is -4.54. The monoisotopic (exact) mass is 1890 g/mol. The molecule has 138 heavy (non-hydrogen) atoms. The van der Waals surface area contributed by atoms with Gasteiger partial charge in [-0.05, 0) is 176 Å². The lowest BCUT2D eigenvalue weighted by atomic mass is 10.1. The van der Waals surface area contributed by atoms with Crippen LogP contribution in [0.1, 0.15) is 219 Å². The van der Waals surface area contributed by atoms with Crippen molar-refractivity contribution in [2.24, 2.45) is 56.4 Å². The Hall–Kier alpha value is -14.1. The average molecular weight is 1890 g/mol. The van der Waals surface area contributed by atoms with E-state index >= 15 is 0 Å². The Kier molecular flexibility index (Phi) is 31.2. The third kappa shape index (κ3) is 22.3. The van der Waals surface area contributed by atoms with E-state index in [0.29, 0.717) is 40.1 Å². The van der Waals surface area contributed by atoms with Gasteiger partial charge in [-0.15, -0.1) is 0 Å². The van der Waals surface area contributed by atoms with Gasteiger partial charge in [-0.25, -0.2) is 98.0 Å². The fourth-order valence-electron chi connectivity index (χ4n) is 16.0. The van der Waals surface area contributed by atoms with Gasteiger partial charge in [0.1, 0.15) is 56.2 Å². The van der Waals surface area contributed by atoms with E-state index in [0.717, 1.165) is 214 Å². The summed E-state index contributed by atoms with van der Waals surface area (Å²) in [5.74, 6) is 1.95. The van der Waals surface area contributed by atoms with Crippen LogP contribution in [0.25, 0.3) is 111 Å². The summed E-state index contributed by atoms with van der Waals surface area (Å²) < 4.78 is 115. The summed E-state index contributed by atoms with van der Waals surface area (Å²) in [6.45, 7) is 46.3. The molecule has 0 aliphatic rings. The second kappa shape index (κ2) is 43.1. The molecule has 18 aromatic rings. The first-order valence-corrected chi connectivity index (χ1v) is 45.9. The number of aromatic nitrogens is 32. The van der Waals surface area contributed by atoms with E-state index in [1.807, 2.05) is 184 Å². The van der Waals surface area contributed by atoms with E-state index < -0.39 is 30.6 Å². The average Bonchev–Trinajstić information content (AvgIpc) is 0.750. The van der Waals surface area contributed by atoms with E-state index in [-0.39, 0.29) is 28.1 Å². The number of benzene rings is 2. The molecule has 0 bridgehead atoms. The van der Waals surface area contributed by atoms with Gasteiger partial charge in [-0.3, -0.25) is 0 Å². The largest absolute Gasteiger partial charge is 0.441 e. The molecule has 0 aliphatic heterocycles. The molecule has 16 heterocycles. The number of aryl methyl sites for hydroxylation is 31. The third-order valence-electron chi connectivity index (χ3n) is 24.6. The summed E-state index contributed by atoms with van der Waals surface area (Å²) in [5.41, 5.74) is 32.7. The molecule has 0 N–H and O–H groups in total. The molecule has 18 rings (SSSR count). The van der Waals surface area contributed by atoms with Gasteiger partial charge < -0.3 is 0 Å². The molecule has 16 aromatic heterocycles. The number of hydrogen-bond acceptors (Lipinski definition) is 24. The molecule has 0 saturated heterocycles. The van der Waals surface area contributed by atoms with Crippen LogP contribution < -0.4 is 37.0 Å². The van der Waals surface area contributed by atoms with Crippen LogP contribution in [0.2, 0.25) is 0 Å². The van der Waals surface area contributed by atoms with Gasteiger partial charge >= 0.3 is 12.4 Å². The summed E-state index contributed by atoms with van der Waals surface area (Å²) in [7, 11) is 14.9. The van der Waals surface area contributed by atoms with Crippen LogP contribution in [-0.2, 0) is 120 Å². The van der Waals surface area contributed by atoms with E-state index in [9.17, 15) is 26.3 Å². The SMILES string of the molecule is CCc1c(C)c2nc(C)c(C(F)(F)F)nc2n[n+]1C.CCc1c2nc(C)c(C)nc2c(C(F)(F)F)n[n+]1C.CCc1c2nc(C)c(C)nc2nc(C)[n+]1C.CCc1c2nc(C)c(C)nc2nc(C)[n+]1C.CCc1c2nc(C)c(C)nc2nc[n+]1C.CCc1c2nc3cc(C)c(C)cc3nc2nc[n+]1C.CCc1c2nc3ccccc3nc2c(C)n[n+]1C.[2H]C([2H])([2H])c1n[n+](C)c(CC)c2nc(C)c(C)nc12. The number of halogens is 6. The second-order valence-corrected chi connectivity index (χ2v) is 33.9. The Bertz CT molecular complexity index is 7670. The highest BCUT2D eigenvalue weighted by molar-refractivity contribution is 5.89. The Morgan fingerprint density at radius 2 is 0.572 bits per heavy atom. The quantitative estimate of drug-likeness (QED) is 0.0774. The normalized spacial score (nSPS) is 11.8. The molecule has 0 radical (unpaired) electrons. The van der Waals surface area contributed by atoms with Gasteiger partial charge in [0.15, 0.2) is 72.5 Å². The lowest BCUT2D eigenvalue weighted by molar-refractivity contribution is -0.737.